The smallest absolute Gasteiger partial charge is 0.338 e. The lowest BCUT2D eigenvalue weighted by atomic mass is 9.96. The van der Waals surface area contributed by atoms with Crippen LogP contribution in [0.15, 0.2) is 82.2 Å². The number of thiazole rings is 1. The normalized spacial score (nSPS) is 15.4. The molecule has 1 aliphatic rings. The van der Waals surface area contributed by atoms with Crippen LogP contribution in [0.5, 0.6) is 11.5 Å². The average molecular weight is 477 g/mol. The maximum Gasteiger partial charge on any atom is 0.338 e. The van der Waals surface area contributed by atoms with Crippen molar-refractivity contribution in [3.63, 3.8) is 0 Å². The Labute approximate surface area is 200 Å². The standard InChI is InChI=1S/C26H24N2O5S/c1-5-13-33-25(30)22-16(2)27-26-28(23(22)18-9-11-19(31-3)12-10-18)24(29)21(34-26)15-17-7-6-8-20(14-17)32-4/h5-12,14-15,23H,1,13H2,2-4H3/b21-15+. The number of esters is 1. The molecule has 1 unspecified atom stereocenters. The van der Waals surface area contributed by atoms with E-state index in [-0.39, 0.29) is 12.2 Å². The van der Waals surface area contributed by atoms with E-state index in [2.05, 4.69) is 11.6 Å². The first kappa shape index (κ1) is 23.3. The van der Waals surface area contributed by atoms with Gasteiger partial charge in [0.2, 0.25) is 0 Å². The highest BCUT2D eigenvalue weighted by Gasteiger charge is 2.33. The molecular formula is C26H24N2O5S. The van der Waals surface area contributed by atoms with Crippen molar-refractivity contribution in [2.24, 2.45) is 4.99 Å². The van der Waals surface area contributed by atoms with E-state index in [9.17, 15) is 9.59 Å². The zero-order valence-electron chi connectivity index (χ0n) is 19.1. The first-order valence-corrected chi connectivity index (χ1v) is 11.4. The van der Waals surface area contributed by atoms with E-state index in [0.29, 0.717) is 32.1 Å². The van der Waals surface area contributed by atoms with E-state index in [0.717, 1.165) is 11.1 Å². The molecule has 0 spiro atoms. The van der Waals surface area contributed by atoms with Gasteiger partial charge < -0.3 is 14.2 Å². The summed E-state index contributed by atoms with van der Waals surface area (Å²) < 4.78 is 18.0. The Hall–Kier alpha value is -3.91. The van der Waals surface area contributed by atoms with Crippen LogP contribution in [-0.4, -0.2) is 31.4 Å². The van der Waals surface area contributed by atoms with Gasteiger partial charge in [0.25, 0.3) is 5.56 Å². The maximum absolute atomic E-state index is 13.6. The summed E-state index contributed by atoms with van der Waals surface area (Å²) >= 11 is 1.27. The van der Waals surface area contributed by atoms with Crippen molar-refractivity contribution >= 4 is 23.4 Å². The van der Waals surface area contributed by atoms with Crippen LogP contribution in [-0.2, 0) is 9.53 Å². The van der Waals surface area contributed by atoms with E-state index < -0.39 is 12.0 Å². The number of aromatic nitrogens is 1. The fourth-order valence-corrected chi connectivity index (χ4v) is 4.83. The highest BCUT2D eigenvalue weighted by atomic mass is 32.1. The number of benzene rings is 2. The second-order valence-electron chi connectivity index (χ2n) is 7.52. The number of allylic oxidation sites excluding steroid dienone is 1. The summed E-state index contributed by atoms with van der Waals surface area (Å²) in [5.74, 6) is 0.829. The number of carbonyl (C=O) groups excluding carboxylic acids is 1. The first-order chi connectivity index (χ1) is 16.5. The predicted molar refractivity (Wildman–Crippen MR) is 131 cm³/mol. The van der Waals surface area contributed by atoms with Gasteiger partial charge in [-0.25, -0.2) is 9.79 Å². The van der Waals surface area contributed by atoms with E-state index in [1.807, 2.05) is 36.4 Å². The van der Waals surface area contributed by atoms with Crippen LogP contribution in [0.3, 0.4) is 0 Å². The zero-order chi connectivity index (χ0) is 24.2. The Bertz CT molecular complexity index is 1450. The Morgan fingerprint density at radius 1 is 1.15 bits per heavy atom. The minimum atomic E-state index is -0.688. The van der Waals surface area contributed by atoms with Gasteiger partial charge in [-0.2, -0.15) is 0 Å². The van der Waals surface area contributed by atoms with Crippen molar-refractivity contribution in [1.82, 2.24) is 4.57 Å². The lowest BCUT2D eigenvalue weighted by Gasteiger charge is -2.24. The molecule has 34 heavy (non-hydrogen) atoms. The minimum Gasteiger partial charge on any atom is -0.497 e. The molecule has 0 N–H and O–H groups in total. The number of fused-ring (bicyclic) bond motifs is 1. The molecule has 2 heterocycles. The molecule has 0 bridgehead atoms. The van der Waals surface area contributed by atoms with Crippen LogP contribution in [0.25, 0.3) is 6.08 Å². The maximum atomic E-state index is 13.6. The quantitative estimate of drug-likeness (QED) is 0.387. The summed E-state index contributed by atoms with van der Waals surface area (Å²) in [6, 6.07) is 14.0. The summed E-state index contributed by atoms with van der Waals surface area (Å²) in [6.45, 7) is 5.41. The first-order valence-electron chi connectivity index (χ1n) is 10.6. The third-order valence-electron chi connectivity index (χ3n) is 5.40. The largest absolute Gasteiger partial charge is 0.497 e. The highest BCUT2D eigenvalue weighted by Crippen LogP contribution is 2.31. The van der Waals surface area contributed by atoms with Gasteiger partial charge >= 0.3 is 5.97 Å². The lowest BCUT2D eigenvalue weighted by Crippen LogP contribution is -2.39. The fraction of sp³-hybridized carbons (Fsp3) is 0.192. The monoisotopic (exact) mass is 476 g/mol. The molecule has 2 aromatic carbocycles. The molecule has 0 amide bonds. The third-order valence-corrected chi connectivity index (χ3v) is 6.38. The summed E-state index contributed by atoms with van der Waals surface area (Å²) in [4.78, 5) is 31.7. The van der Waals surface area contributed by atoms with Crippen LogP contribution in [0.4, 0.5) is 0 Å². The highest BCUT2D eigenvalue weighted by molar-refractivity contribution is 7.07. The Morgan fingerprint density at radius 3 is 2.56 bits per heavy atom. The number of hydrogen-bond donors (Lipinski definition) is 0. The van der Waals surface area contributed by atoms with Gasteiger partial charge in [0.15, 0.2) is 4.80 Å². The minimum absolute atomic E-state index is 0.0607. The molecule has 1 aromatic heterocycles. The Kier molecular flexibility index (Phi) is 6.79. The van der Waals surface area contributed by atoms with E-state index in [1.54, 1.807) is 43.9 Å². The number of rotatable bonds is 7. The lowest BCUT2D eigenvalue weighted by molar-refractivity contribution is -0.138. The third kappa shape index (κ3) is 4.45. The van der Waals surface area contributed by atoms with Crippen LogP contribution in [0.1, 0.15) is 24.1 Å². The van der Waals surface area contributed by atoms with Crippen LogP contribution < -0.4 is 24.4 Å². The van der Waals surface area contributed by atoms with E-state index >= 15 is 0 Å². The Morgan fingerprint density at radius 2 is 1.88 bits per heavy atom. The molecule has 3 aromatic rings. The van der Waals surface area contributed by atoms with Gasteiger partial charge in [-0.1, -0.05) is 48.3 Å². The van der Waals surface area contributed by atoms with Gasteiger partial charge in [0, 0.05) is 0 Å². The van der Waals surface area contributed by atoms with Gasteiger partial charge in [-0.05, 0) is 48.4 Å². The molecule has 1 aliphatic heterocycles. The molecule has 0 aliphatic carbocycles. The SMILES string of the molecule is C=CCOC(=O)C1=C(C)N=c2s/c(=C/c3cccc(OC)c3)c(=O)n2C1c1ccc(OC)cc1. The molecule has 1 atom stereocenters. The molecule has 0 saturated carbocycles. The van der Waals surface area contributed by atoms with Crippen LogP contribution in [0.2, 0.25) is 0 Å². The summed E-state index contributed by atoms with van der Waals surface area (Å²) in [5, 5.41) is 0. The van der Waals surface area contributed by atoms with E-state index in [4.69, 9.17) is 14.2 Å². The predicted octanol–water partition coefficient (Wildman–Crippen LogP) is 2.98. The molecular weight excluding hydrogens is 452 g/mol. The molecule has 8 heteroatoms. The second kappa shape index (κ2) is 9.93. The van der Waals surface area contributed by atoms with Crippen molar-refractivity contribution in [2.45, 2.75) is 13.0 Å². The van der Waals surface area contributed by atoms with E-state index in [1.165, 1.54) is 17.4 Å². The van der Waals surface area contributed by atoms with Crippen molar-refractivity contribution in [2.75, 3.05) is 20.8 Å². The summed E-state index contributed by atoms with van der Waals surface area (Å²) in [7, 11) is 3.18. The number of ether oxygens (including phenoxy) is 3. The van der Waals surface area contributed by atoms with Crippen molar-refractivity contribution < 1.29 is 19.0 Å². The zero-order valence-corrected chi connectivity index (χ0v) is 19.9. The number of methoxy groups -OCH3 is 2. The van der Waals surface area contributed by atoms with Gasteiger partial charge in [0.1, 0.15) is 18.1 Å². The number of nitrogens with zero attached hydrogens (tertiary/aromatic N) is 2. The van der Waals surface area contributed by atoms with Gasteiger partial charge in [0.05, 0.1) is 36.1 Å². The average Bonchev–Trinajstić information content (AvgIpc) is 3.16. The second-order valence-corrected chi connectivity index (χ2v) is 8.53. The van der Waals surface area contributed by atoms with Crippen molar-refractivity contribution in [3.8, 4) is 11.5 Å². The molecule has 174 valence electrons. The summed E-state index contributed by atoms with van der Waals surface area (Å²) in [6.07, 6.45) is 3.30. The molecule has 0 fully saturated rings. The molecule has 0 saturated heterocycles. The van der Waals surface area contributed by atoms with Crippen LogP contribution in [0, 0.1) is 0 Å². The van der Waals surface area contributed by atoms with Crippen LogP contribution >= 0.6 is 11.3 Å². The fourth-order valence-electron chi connectivity index (χ4n) is 3.78. The number of carbonyl (C=O) groups is 1. The molecule has 0 radical (unpaired) electrons. The Balaban J connectivity index is 1.91. The molecule has 7 nitrogen and oxygen atoms in total. The summed E-state index contributed by atoms with van der Waals surface area (Å²) in [5.41, 5.74) is 2.15. The van der Waals surface area contributed by atoms with Crippen molar-refractivity contribution in [1.29, 1.82) is 0 Å². The van der Waals surface area contributed by atoms with Gasteiger partial charge in [-0.3, -0.25) is 9.36 Å². The topological polar surface area (TPSA) is 79.1 Å². The van der Waals surface area contributed by atoms with Gasteiger partial charge in [-0.15, -0.1) is 0 Å². The number of hydrogen-bond acceptors (Lipinski definition) is 7. The van der Waals surface area contributed by atoms with Crippen molar-refractivity contribution in [3.05, 3.63) is 103 Å². The molecule has 4 rings (SSSR count).